The lowest BCUT2D eigenvalue weighted by molar-refractivity contribution is -0.177. The predicted octanol–water partition coefficient (Wildman–Crippen LogP) is 1.72. The number of hydrogen-bond acceptors (Lipinski definition) is 3. The van der Waals surface area contributed by atoms with E-state index < -0.39 is 30.1 Å². The van der Waals surface area contributed by atoms with Gasteiger partial charge in [-0.05, 0) is 17.7 Å². The Hall–Kier alpha value is -1.34. The number of likely N-dealkylation sites (N-methyl/N-ethyl adjacent to an activating group) is 1. The third-order valence-corrected chi connectivity index (χ3v) is 3.42. The van der Waals surface area contributed by atoms with Crippen molar-refractivity contribution >= 4 is 17.5 Å². The number of amides is 1. The molecule has 0 radical (unpaired) electrons. The minimum Gasteiger partial charge on any atom is -0.375 e. The van der Waals surface area contributed by atoms with E-state index in [1.807, 2.05) is 0 Å². The van der Waals surface area contributed by atoms with Gasteiger partial charge in [0.05, 0.1) is 0 Å². The number of aliphatic hydroxyl groups is 1. The summed E-state index contributed by atoms with van der Waals surface area (Å²) in [6.45, 7) is 0. The molecule has 104 valence electrons. The molecule has 1 aromatic heterocycles. The zero-order chi connectivity index (χ0) is 14.4. The van der Waals surface area contributed by atoms with Crippen LogP contribution in [-0.4, -0.2) is 40.2 Å². The monoisotopic (exact) mass is 294 g/mol. The van der Waals surface area contributed by atoms with Crippen LogP contribution in [0.3, 0.4) is 0 Å². The Bertz CT molecular complexity index is 523. The summed E-state index contributed by atoms with van der Waals surface area (Å²) in [6.07, 6.45) is -4.12. The lowest BCUT2D eigenvalue weighted by Crippen LogP contribution is -2.41. The Kier molecular flexibility index (Phi) is 3.22. The van der Waals surface area contributed by atoms with Crippen LogP contribution in [-0.2, 0) is 10.4 Å². The van der Waals surface area contributed by atoms with E-state index in [9.17, 15) is 23.1 Å². The molecule has 4 nitrogen and oxygen atoms in total. The number of carbonyl (C=O) groups excluding carboxylic acids is 1. The molecular formula is C11H10ClF3N2O2. The van der Waals surface area contributed by atoms with Crippen LogP contribution >= 0.6 is 11.6 Å². The Morgan fingerprint density at radius 3 is 2.68 bits per heavy atom. The molecular weight excluding hydrogens is 285 g/mol. The van der Waals surface area contributed by atoms with Crippen LogP contribution in [0.15, 0.2) is 18.3 Å². The molecule has 0 aliphatic carbocycles. The highest BCUT2D eigenvalue weighted by atomic mass is 35.5. The number of carbonyl (C=O) groups is 1. The fourth-order valence-corrected chi connectivity index (χ4v) is 2.35. The van der Waals surface area contributed by atoms with Crippen molar-refractivity contribution in [3.8, 4) is 0 Å². The minimum atomic E-state index is -4.59. The van der Waals surface area contributed by atoms with E-state index in [2.05, 4.69) is 4.98 Å². The quantitative estimate of drug-likeness (QED) is 0.802. The molecule has 1 aromatic rings. The smallest absolute Gasteiger partial charge is 0.375 e. The second kappa shape index (κ2) is 4.35. The number of halogens is 4. The number of pyridine rings is 1. The van der Waals surface area contributed by atoms with Gasteiger partial charge in [0.25, 0.3) is 5.91 Å². The lowest BCUT2D eigenvalue weighted by atomic mass is 9.91. The molecule has 1 aliphatic heterocycles. The van der Waals surface area contributed by atoms with Crippen molar-refractivity contribution < 1.29 is 23.1 Å². The van der Waals surface area contributed by atoms with Crippen LogP contribution in [0.5, 0.6) is 0 Å². The molecule has 2 heterocycles. The SMILES string of the molecule is CN1C(=O)C(O)(c2ccnc(Cl)c2)CC1C(F)(F)F. The Labute approximate surface area is 111 Å². The van der Waals surface area contributed by atoms with Gasteiger partial charge in [-0.2, -0.15) is 13.2 Å². The van der Waals surface area contributed by atoms with E-state index in [1.54, 1.807) is 0 Å². The van der Waals surface area contributed by atoms with E-state index in [4.69, 9.17) is 11.6 Å². The van der Waals surface area contributed by atoms with Gasteiger partial charge in [0.2, 0.25) is 0 Å². The van der Waals surface area contributed by atoms with E-state index in [1.165, 1.54) is 18.3 Å². The van der Waals surface area contributed by atoms with Crippen LogP contribution in [0.4, 0.5) is 13.2 Å². The molecule has 0 aromatic carbocycles. The maximum Gasteiger partial charge on any atom is 0.408 e. The third kappa shape index (κ3) is 2.28. The van der Waals surface area contributed by atoms with Crippen molar-refractivity contribution in [2.75, 3.05) is 7.05 Å². The highest BCUT2D eigenvalue weighted by molar-refractivity contribution is 6.29. The fraction of sp³-hybridized carbons (Fsp3) is 0.455. The van der Waals surface area contributed by atoms with Crippen LogP contribution in [0.2, 0.25) is 5.15 Å². The average Bonchev–Trinajstić information content (AvgIpc) is 2.55. The van der Waals surface area contributed by atoms with Crippen molar-refractivity contribution in [1.82, 2.24) is 9.88 Å². The fourth-order valence-electron chi connectivity index (χ4n) is 2.17. The summed E-state index contributed by atoms with van der Waals surface area (Å²) in [6, 6.07) is 0.444. The molecule has 0 spiro atoms. The topological polar surface area (TPSA) is 53.4 Å². The van der Waals surface area contributed by atoms with Gasteiger partial charge in [-0.15, -0.1) is 0 Å². The molecule has 1 amide bonds. The lowest BCUT2D eigenvalue weighted by Gasteiger charge is -2.21. The summed E-state index contributed by atoms with van der Waals surface area (Å²) < 4.78 is 38.3. The van der Waals surface area contributed by atoms with Gasteiger partial charge in [-0.25, -0.2) is 4.98 Å². The van der Waals surface area contributed by atoms with Crippen LogP contribution in [0, 0.1) is 0 Å². The van der Waals surface area contributed by atoms with Crippen molar-refractivity contribution in [3.63, 3.8) is 0 Å². The Morgan fingerprint density at radius 1 is 1.58 bits per heavy atom. The normalized spacial score (nSPS) is 28.0. The first kappa shape index (κ1) is 14.1. The summed E-state index contributed by atoms with van der Waals surface area (Å²) in [7, 11) is 1.02. The predicted molar refractivity (Wildman–Crippen MR) is 60.4 cm³/mol. The second-order valence-electron chi connectivity index (χ2n) is 4.41. The maximum atomic E-state index is 12.8. The van der Waals surface area contributed by atoms with Gasteiger partial charge < -0.3 is 10.0 Å². The van der Waals surface area contributed by atoms with Crippen LogP contribution in [0.25, 0.3) is 0 Å². The summed E-state index contributed by atoms with van der Waals surface area (Å²) in [5.74, 6) is -1.00. The van der Waals surface area contributed by atoms with Gasteiger partial charge in [0.1, 0.15) is 11.2 Å². The molecule has 8 heteroatoms. The highest BCUT2D eigenvalue weighted by Gasteiger charge is 2.59. The largest absolute Gasteiger partial charge is 0.408 e. The third-order valence-electron chi connectivity index (χ3n) is 3.21. The maximum absolute atomic E-state index is 12.8. The molecule has 1 aliphatic rings. The standard InChI is InChI=1S/C11H10ClF3N2O2/c1-17-7(11(13,14)15)5-10(19,9(17)18)6-2-3-16-8(12)4-6/h2-4,7,19H,5H2,1H3. The van der Waals surface area contributed by atoms with Crippen molar-refractivity contribution in [2.45, 2.75) is 24.2 Å². The number of nitrogens with zero attached hydrogens (tertiary/aromatic N) is 2. The summed E-state index contributed by atoms with van der Waals surface area (Å²) in [5, 5.41) is 10.3. The molecule has 2 rings (SSSR count). The summed E-state index contributed by atoms with van der Waals surface area (Å²) in [4.78, 5) is 16.1. The Balaban J connectivity index is 2.43. The van der Waals surface area contributed by atoms with Crippen molar-refractivity contribution in [2.24, 2.45) is 0 Å². The molecule has 19 heavy (non-hydrogen) atoms. The van der Waals surface area contributed by atoms with E-state index in [0.717, 1.165) is 7.05 Å². The number of likely N-dealkylation sites (tertiary alicyclic amines) is 1. The minimum absolute atomic E-state index is 0.00293. The molecule has 2 atom stereocenters. The first-order valence-corrected chi connectivity index (χ1v) is 5.72. The first-order valence-electron chi connectivity index (χ1n) is 5.34. The van der Waals surface area contributed by atoms with E-state index in [-0.39, 0.29) is 10.7 Å². The highest BCUT2D eigenvalue weighted by Crippen LogP contribution is 2.42. The number of hydrogen-bond donors (Lipinski definition) is 1. The van der Waals surface area contributed by atoms with Crippen molar-refractivity contribution in [1.29, 1.82) is 0 Å². The number of alkyl halides is 3. The molecule has 0 saturated carbocycles. The van der Waals surface area contributed by atoms with Gasteiger partial charge >= 0.3 is 6.18 Å². The van der Waals surface area contributed by atoms with E-state index >= 15 is 0 Å². The molecule has 1 saturated heterocycles. The Morgan fingerprint density at radius 2 is 2.21 bits per heavy atom. The number of rotatable bonds is 1. The van der Waals surface area contributed by atoms with E-state index in [0.29, 0.717) is 4.90 Å². The first-order chi connectivity index (χ1) is 8.66. The number of aromatic nitrogens is 1. The van der Waals surface area contributed by atoms with Crippen molar-refractivity contribution in [3.05, 3.63) is 29.0 Å². The van der Waals surface area contributed by atoms with Gasteiger partial charge in [0.15, 0.2) is 5.60 Å². The van der Waals surface area contributed by atoms with Gasteiger partial charge in [-0.3, -0.25) is 4.79 Å². The molecule has 1 fully saturated rings. The zero-order valence-corrected chi connectivity index (χ0v) is 10.5. The molecule has 0 bridgehead atoms. The zero-order valence-electron chi connectivity index (χ0n) is 9.78. The second-order valence-corrected chi connectivity index (χ2v) is 4.79. The van der Waals surface area contributed by atoms with Gasteiger partial charge in [-0.1, -0.05) is 11.6 Å². The summed E-state index contributed by atoms with van der Waals surface area (Å²) >= 11 is 5.63. The van der Waals surface area contributed by atoms with Crippen LogP contribution < -0.4 is 0 Å². The van der Waals surface area contributed by atoms with Gasteiger partial charge in [0, 0.05) is 19.7 Å². The summed E-state index contributed by atoms with van der Waals surface area (Å²) in [5.41, 5.74) is -2.21. The van der Waals surface area contributed by atoms with Crippen LogP contribution in [0.1, 0.15) is 12.0 Å². The molecule has 1 N–H and O–H groups in total. The average molecular weight is 295 g/mol. The molecule has 2 unspecified atom stereocenters.